The highest BCUT2D eigenvalue weighted by atomic mass is 32.2. The molecule has 0 bridgehead atoms. The minimum absolute atomic E-state index is 0.638. The fourth-order valence-corrected chi connectivity index (χ4v) is 3.59. The lowest BCUT2D eigenvalue weighted by Crippen LogP contribution is -2.19. The summed E-state index contributed by atoms with van der Waals surface area (Å²) in [6.07, 6.45) is 2.04. The van der Waals surface area contributed by atoms with E-state index in [1.807, 2.05) is 91.2 Å². The average Bonchev–Trinajstić information content (AvgIpc) is 2.95. The fraction of sp³-hybridized carbons (Fsp3) is 0.161. The highest BCUT2D eigenvalue weighted by Gasteiger charge is 1.97. The molecule has 4 aromatic rings. The SMILES string of the molecule is C(=NCc1ccccc1)=NCc1ccccc1.CSC(=NCc1ccccc1)NCc1ccccc1. The zero-order chi connectivity index (χ0) is 25.1. The van der Waals surface area contributed by atoms with Crippen LogP contribution in [0, 0.1) is 0 Å². The summed E-state index contributed by atoms with van der Waals surface area (Å²) in [5.74, 6) is 0. The Labute approximate surface area is 219 Å². The van der Waals surface area contributed by atoms with Crippen LogP contribution >= 0.6 is 11.8 Å². The fourth-order valence-electron chi connectivity index (χ4n) is 3.18. The zero-order valence-electron chi connectivity index (χ0n) is 20.6. The van der Waals surface area contributed by atoms with E-state index < -0.39 is 0 Å². The van der Waals surface area contributed by atoms with Crippen molar-refractivity contribution in [1.29, 1.82) is 0 Å². The van der Waals surface area contributed by atoms with Crippen LogP contribution in [0.3, 0.4) is 0 Å². The van der Waals surface area contributed by atoms with Crippen molar-refractivity contribution in [1.82, 2.24) is 5.32 Å². The average molecular weight is 493 g/mol. The first-order chi connectivity index (χ1) is 17.8. The first-order valence-electron chi connectivity index (χ1n) is 11.9. The smallest absolute Gasteiger partial charge is 0.156 e. The van der Waals surface area contributed by atoms with Crippen molar-refractivity contribution in [2.45, 2.75) is 26.2 Å². The van der Waals surface area contributed by atoms with E-state index >= 15 is 0 Å². The lowest BCUT2D eigenvalue weighted by atomic mass is 10.2. The van der Waals surface area contributed by atoms with Crippen LogP contribution in [-0.2, 0) is 26.2 Å². The molecule has 0 aliphatic carbocycles. The van der Waals surface area contributed by atoms with Crippen molar-refractivity contribution in [3.05, 3.63) is 144 Å². The number of hydrogen-bond donors (Lipinski definition) is 1. The monoisotopic (exact) mass is 492 g/mol. The summed E-state index contributed by atoms with van der Waals surface area (Å²) in [6.45, 7) is 2.81. The maximum atomic E-state index is 4.60. The molecule has 0 spiro atoms. The van der Waals surface area contributed by atoms with Gasteiger partial charge < -0.3 is 5.32 Å². The van der Waals surface area contributed by atoms with Gasteiger partial charge in [-0.25, -0.2) is 9.98 Å². The molecule has 0 aliphatic heterocycles. The predicted molar refractivity (Wildman–Crippen MR) is 155 cm³/mol. The van der Waals surface area contributed by atoms with Crippen molar-refractivity contribution in [2.75, 3.05) is 6.26 Å². The Morgan fingerprint density at radius 3 is 1.39 bits per heavy atom. The van der Waals surface area contributed by atoms with E-state index in [-0.39, 0.29) is 0 Å². The minimum Gasteiger partial charge on any atom is -0.361 e. The van der Waals surface area contributed by atoms with Gasteiger partial charge in [0.25, 0.3) is 0 Å². The third-order valence-electron chi connectivity index (χ3n) is 5.08. The van der Waals surface area contributed by atoms with Gasteiger partial charge in [-0.3, -0.25) is 4.99 Å². The van der Waals surface area contributed by atoms with Gasteiger partial charge in [0.15, 0.2) is 5.17 Å². The maximum Gasteiger partial charge on any atom is 0.156 e. The Morgan fingerprint density at radius 2 is 0.972 bits per heavy atom. The van der Waals surface area contributed by atoms with Crippen molar-refractivity contribution in [3.63, 3.8) is 0 Å². The van der Waals surface area contributed by atoms with Crippen LogP contribution in [0.15, 0.2) is 136 Å². The van der Waals surface area contributed by atoms with E-state index in [9.17, 15) is 0 Å². The molecule has 4 rings (SSSR count). The standard InChI is InChI=1S/C16H18N2S.C15H14N2/c1-19-16(17-12-14-8-4-2-5-9-14)18-13-15-10-6-3-7-11-15;1-3-7-14(8-4-1)11-16-13-17-12-15-9-5-2-6-10-15/h2-11H,12-13H2,1H3,(H,17,18);1-10H,11-12H2. The van der Waals surface area contributed by atoms with Crippen LogP contribution in [0.25, 0.3) is 0 Å². The maximum absolute atomic E-state index is 4.60. The summed E-state index contributed by atoms with van der Waals surface area (Å²) in [5, 5.41) is 4.35. The lowest BCUT2D eigenvalue weighted by Gasteiger charge is -2.07. The van der Waals surface area contributed by atoms with Gasteiger partial charge in [0.2, 0.25) is 0 Å². The molecule has 36 heavy (non-hydrogen) atoms. The zero-order valence-corrected chi connectivity index (χ0v) is 21.4. The summed E-state index contributed by atoms with van der Waals surface area (Å²) < 4.78 is 0. The van der Waals surface area contributed by atoms with Crippen molar-refractivity contribution < 1.29 is 0 Å². The van der Waals surface area contributed by atoms with Crippen molar-refractivity contribution in [3.8, 4) is 0 Å². The van der Waals surface area contributed by atoms with Gasteiger partial charge in [-0.2, -0.15) is 0 Å². The number of thioether (sulfide) groups is 1. The van der Waals surface area contributed by atoms with E-state index in [0.717, 1.165) is 18.3 Å². The number of amidine groups is 1. The van der Waals surface area contributed by atoms with Crippen molar-refractivity contribution in [2.24, 2.45) is 15.0 Å². The van der Waals surface area contributed by atoms with Gasteiger partial charge in [-0.15, -0.1) is 0 Å². The Hall–Kier alpha value is -3.92. The van der Waals surface area contributed by atoms with E-state index in [1.165, 1.54) is 22.3 Å². The molecule has 4 nitrogen and oxygen atoms in total. The summed E-state index contributed by atoms with van der Waals surface area (Å²) in [5.41, 5.74) is 4.85. The molecule has 0 fully saturated rings. The quantitative estimate of drug-likeness (QED) is 0.208. The van der Waals surface area contributed by atoms with Crippen LogP contribution in [0.1, 0.15) is 22.3 Å². The Morgan fingerprint density at radius 1 is 0.583 bits per heavy atom. The van der Waals surface area contributed by atoms with E-state index in [1.54, 1.807) is 11.8 Å². The van der Waals surface area contributed by atoms with E-state index in [2.05, 4.69) is 62.7 Å². The first-order valence-corrected chi connectivity index (χ1v) is 13.1. The molecule has 0 atom stereocenters. The lowest BCUT2D eigenvalue weighted by molar-refractivity contribution is 0.911. The van der Waals surface area contributed by atoms with Gasteiger partial charge >= 0.3 is 0 Å². The molecule has 0 radical (unpaired) electrons. The Bertz CT molecular complexity index is 1160. The van der Waals surface area contributed by atoms with Crippen LogP contribution in [0.5, 0.6) is 0 Å². The van der Waals surface area contributed by atoms with Crippen molar-refractivity contribution >= 4 is 22.9 Å². The van der Waals surface area contributed by atoms with E-state index in [4.69, 9.17) is 0 Å². The third-order valence-corrected chi connectivity index (χ3v) is 5.74. The normalized spacial score (nSPS) is 10.4. The number of benzene rings is 4. The first kappa shape index (κ1) is 26.7. The van der Waals surface area contributed by atoms with Gasteiger partial charge in [-0.05, 0) is 28.5 Å². The number of rotatable bonds is 8. The second-order valence-electron chi connectivity index (χ2n) is 7.85. The Balaban J connectivity index is 0.000000202. The highest BCUT2D eigenvalue weighted by Crippen LogP contribution is 2.05. The predicted octanol–water partition coefficient (Wildman–Crippen LogP) is 7.26. The van der Waals surface area contributed by atoms with Crippen LogP contribution in [0.2, 0.25) is 0 Å². The summed E-state index contributed by atoms with van der Waals surface area (Å²) in [7, 11) is 0. The van der Waals surface area contributed by atoms with Gasteiger partial charge in [-0.1, -0.05) is 133 Å². The van der Waals surface area contributed by atoms with Crippen LogP contribution in [0.4, 0.5) is 0 Å². The summed E-state index contributed by atoms with van der Waals surface area (Å²) in [4.78, 5) is 12.9. The number of nitrogens with zero attached hydrogens (tertiary/aromatic N) is 3. The second kappa shape index (κ2) is 16.7. The molecular formula is C31H32N4S. The molecule has 0 saturated carbocycles. The molecule has 0 saturated heterocycles. The molecule has 0 heterocycles. The molecule has 0 amide bonds. The molecule has 4 aromatic carbocycles. The van der Waals surface area contributed by atoms with Crippen LogP contribution in [-0.4, -0.2) is 17.4 Å². The van der Waals surface area contributed by atoms with Crippen LogP contribution < -0.4 is 5.32 Å². The minimum atomic E-state index is 0.638. The number of aliphatic imine (C=N–C) groups is 3. The number of nitrogens with one attached hydrogen (secondary N) is 1. The topological polar surface area (TPSA) is 49.1 Å². The van der Waals surface area contributed by atoms with Gasteiger partial charge in [0.05, 0.1) is 25.6 Å². The summed E-state index contributed by atoms with van der Waals surface area (Å²) in [6, 6.07) is 43.6. The van der Waals surface area contributed by atoms with E-state index in [0.29, 0.717) is 13.1 Å². The third kappa shape index (κ3) is 11.0. The largest absolute Gasteiger partial charge is 0.361 e. The molecule has 0 aromatic heterocycles. The molecule has 0 aliphatic rings. The molecule has 0 unspecified atom stereocenters. The molecule has 1 N–H and O–H groups in total. The number of hydrogen-bond acceptors (Lipinski definition) is 4. The molecule has 5 heteroatoms. The molecule has 182 valence electrons. The van der Waals surface area contributed by atoms with Gasteiger partial charge in [0, 0.05) is 6.54 Å². The molecular weight excluding hydrogens is 460 g/mol. The highest BCUT2D eigenvalue weighted by molar-refractivity contribution is 8.13. The van der Waals surface area contributed by atoms with Gasteiger partial charge in [0.1, 0.15) is 0 Å². The second-order valence-corrected chi connectivity index (χ2v) is 8.65. The Kier molecular flexibility index (Phi) is 12.4. The summed E-state index contributed by atoms with van der Waals surface area (Å²) >= 11 is 1.65.